The van der Waals surface area contributed by atoms with Gasteiger partial charge in [-0.25, -0.2) is 4.98 Å². The van der Waals surface area contributed by atoms with Crippen LogP contribution in [0.3, 0.4) is 0 Å². The Morgan fingerprint density at radius 2 is 0.810 bits per heavy atom. The molecule has 2 heterocycles. The normalized spacial score (nSPS) is 12.9. The van der Waals surface area contributed by atoms with Crippen molar-refractivity contribution in [2.24, 2.45) is 0 Å². The largest absolute Gasteiger partial charge is 0.253 e. The van der Waals surface area contributed by atoms with Gasteiger partial charge in [-0.3, -0.25) is 4.98 Å². The third-order valence-electron chi connectivity index (χ3n) is 12.5. The first-order chi connectivity index (χ1) is 29.3. The molecule has 0 fully saturated rings. The van der Waals surface area contributed by atoms with Crippen molar-refractivity contribution >= 4 is 67.1 Å². The molecule has 0 atom stereocenters. The molecule has 2 nitrogen and oxygen atoms in total. The number of pyridine rings is 2. The highest BCUT2D eigenvalue weighted by molar-refractivity contribution is 9.10. The van der Waals surface area contributed by atoms with Gasteiger partial charge in [0.25, 0.3) is 0 Å². The van der Waals surface area contributed by atoms with Crippen LogP contribution in [0.25, 0.3) is 65.6 Å². The molecule has 63 heavy (non-hydrogen) atoms. The smallest absolute Gasteiger partial charge is 0.106 e. The summed E-state index contributed by atoms with van der Waals surface area (Å²) in [6.07, 6.45) is 1.06. The van der Waals surface area contributed by atoms with Crippen LogP contribution in [0.1, 0.15) is 111 Å². The number of aromatic nitrogens is 2. The second kappa shape index (κ2) is 17.1. The van der Waals surface area contributed by atoms with Crippen LogP contribution in [0.2, 0.25) is 25.7 Å². The van der Waals surface area contributed by atoms with Crippen LogP contribution in [-0.2, 0) is 28.1 Å². The van der Waals surface area contributed by atoms with Gasteiger partial charge in [-0.15, -0.1) is 0 Å². The first-order valence-corrected chi connectivity index (χ1v) is 27.4. The first kappa shape index (κ1) is 46.4. The highest BCUT2D eigenvalue weighted by Crippen LogP contribution is 2.41. The lowest BCUT2D eigenvalue weighted by atomic mass is 9.82. The fraction of sp³-hybridized carbons (Fsp3) is 0.356. The van der Waals surface area contributed by atoms with Gasteiger partial charge in [0.15, 0.2) is 0 Å². The maximum Gasteiger partial charge on any atom is 0.106 e. The summed E-state index contributed by atoms with van der Waals surface area (Å²) in [4.78, 5) is 10.1. The van der Waals surface area contributed by atoms with Crippen molar-refractivity contribution in [1.82, 2.24) is 9.97 Å². The van der Waals surface area contributed by atoms with E-state index >= 15 is 0 Å². The van der Waals surface area contributed by atoms with E-state index in [1.54, 1.807) is 0 Å². The van der Waals surface area contributed by atoms with Crippen LogP contribution in [0.15, 0.2) is 126 Å². The number of aryl methyl sites for hydroxylation is 1. The molecule has 0 bridgehead atoms. The summed E-state index contributed by atoms with van der Waals surface area (Å²) in [7, 11) is -1.12. The van der Waals surface area contributed by atoms with E-state index in [0.29, 0.717) is 0 Å². The van der Waals surface area contributed by atoms with Crippen molar-refractivity contribution in [3.63, 3.8) is 0 Å². The van der Waals surface area contributed by atoms with Crippen molar-refractivity contribution in [2.75, 3.05) is 0 Å². The van der Waals surface area contributed by atoms with Crippen LogP contribution < -0.4 is 0 Å². The van der Waals surface area contributed by atoms with Gasteiger partial charge >= 0.3 is 0 Å². The van der Waals surface area contributed by atoms with Gasteiger partial charge in [0.2, 0.25) is 0 Å². The van der Waals surface area contributed by atoms with Crippen LogP contribution in [-0.4, -0.2) is 18.0 Å². The van der Waals surface area contributed by atoms with E-state index in [1.165, 1.54) is 88.2 Å². The number of halogens is 1. The van der Waals surface area contributed by atoms with Gasteiger partial charge in [0.1, 0.15) is 4.60 Å². The number of hydrogen-bond donors (Lipinski definition) is 0. The summed E-state index contributed by atoms with van der Waals surface area (Å²) in [6.45, 7) is 34.6. The summed E-state index contributed by atoms with van der Waals surface area (Å²) in [5, 5.41) is 10.2. The Hall–Kier alpha value is -4.64. The molecule has 0 N–H and O–H groups in total. The van der Waals surface area contributed by atoms with Crippen molar-refractivity contribution in [3.05, 3.63) is 154 Å². The number of nitrogens with zero attached hydrogens (tertiary/aromatic N) is 2. The Kier molecular flexibility index (Phi) is 12.5. The first-order valence-electron chi connectivity index (χ1n) is 22.9. The predicted molar refractivity (Wildman–Crippen MR) is 284 cm³/mol. The lowest BCUT2D eigenvalue weighted by molar-refractivity contribution is 0.590. The lowest BCUT2D eigenvalue weighted by Crippen LogP contribution is -2.20. The quantitative estimate of drug-likeness (QED) is 0.0977. The average molecular weight is 914 g/mol. The number of hydrogen-bond acceptors (Lipinski definition) is 2. The molecule has 0 radical (unpaired) electrons. The number of rotatable bonds is 5. The maximum absolute atomic E-state index is 5.23. The van der Waals surface area contributed by atoms with Crippen molar-refractivity contribution < 1.29 is 0 Å². The molecule has 6 aromatic carbocycles. The fourth-order valence-corrected chi connectivity index (χ4v) is 9.82. The molecule has 0 unspecified atom stereocenters. The lowest BCUT2D eigenvalue weighted by Gasteiger charge is -2.22. The van der Waals surface area contributed by atoms with Crippen molar-refractivity contribution in [2.45, 2.75) is 137 Å². The molecule has 0 amide bonds. The summed E-state index contributed by atoms with van der Waals surface area (Å²) >= 11 is 3.56. The minimum atomic E-state index is -1.12. The Labute approximate surface area is 388 Å². The van der Waals surface area contributed by atoms with E-state index < -0.39 is 8.07 Å². The van der Waals surface area contributed by atoms with Gasteiger partial charge in [0, 0.05) is 24.9 Å². The molecular weight excluding hydrogens is 845 g/mol. The summed E-state index contributed by atoms with van der Waals surface area (Å²) in [5.41, 5.74) is 11.7. The van der Waals surface area contributed by atoms with Crippen LogP contribution in [0.5, 0.6) is 0 Å². The van der Waals surface area contributed by atoms with Crippen molar-refractivity contribution in [1.29, 1.82) is 0 Å². The molecule has 0 saturated carbocycles. The second-order valence-corrected chi connectivity index (χ2v) is 29.6. The van der Waals surface area contributed by atoms with Crippen molar-refractivity contribution in [3.8, 4) is 22.5 Å². The zero-order valence-corrected chi connectivity index (χ0v) is 43.3. The molecule has 0 saturated heterocycles. The minimum absolute atomic E-state index is 0.0984. The molecule has 326 valence electrons. The number of fused-ring (bicyclic) bond motifs is 4. The summed E-state index contributed by atoms with van der Waals surface area (Å²) in [6, 6.07) is 46.5. The third-order valence-corrected chi connectivity index (χ3v) is 14.7. The fourth-order valence-electron chi connectivity index (χ4n) is 8.47. The van der Waals surface area contributed by atoms with E-state index in [4.69, 9.17) is 9.97 Å². The van der Waals surface area contributed by atoms with Gasteiger partial charge < -0.3 is 0 Å². The second-order valence-electron chi connectivity index (χ2n) is 23.2. The zero-order valence-electron chi connectivity index (χ0n) is 40.7. The predicted octanol–water partition coefficient (Wildman–Crippen LogP) is 17.9. The van der Waals surface area contributed by atoms with Crippen LogP contribution in [0, 0.1) is 0 Å². The van der Waals surface area contributed by atoms with E-state index in [2.05, 4.69) is 234 Å². The van der Waals surface area contributed by atoms with Crippen LogP contribution >= 0.6 is 15.9 Å². The number of benzene rings is 6. The Morgan fingerprint density at radius 3 is 1.22 bits per heavy atom. The molecule has 8 rings (SSSR count). The zero-order chi connectivity index (χ0) is 45.9. The Balaban J connectivity index is 0.000000191. The third kappa shape index (κ3) is 10.5. The molecule has 0 spiro atoms. The highest BCUT2D eigenvalue weighted by atomic mass is 79.9. The van der Waals surface area contributed by atoms with Gasteiger partial charge in [-0.2, -0.15) is 0 Å². The monoisotopic (exact) mass is 912 g/mol. The molecular formula is C59H69BrN2Si. The topological polar surface area (TPSA) is 25.8 Å². The van der Waals surface area contributed by atoms with E-state index in [0.717, 1.165) is 22.4 Å². The molecule has 0 aliphatic rings. The molecule has 4 heteroatoms. The molecule has 2 aromatic heterocycles. The molecule has 0 aliphatic carbocycles. The highest BCUT2D eigenvalue weighted by Gasteiger charge is 2.22. The van der Waals surface area contributed by atoms with Gasteiger partial charge in [-0.05, 0) is 158 Å². The van der Waals surface area contributed by atoms with E-state index in [1.807, 2.05) is 6.07 Å². The van der Waals surface area contributed by atoms with E-state index in [-0.39, 0.29) is 21.7 Å². The summed E-state index contributed by atoms with van der Waals surface area (Å²) in [5.74, 6) is 0. The minimum Gasteiger partial charge on any atom is -0.253 e. The molecule has 0 aliphatic heterocycles. The van der Waals surface area contributed by atoms with Gasteiger partial charge in [0.05, 0.1) is 11.4 Å². The average Bonchev–Trinajstić information content (AvgIpc) is 3.19. The standard InChI is InChI=1S/C32H41NSi.C27H28BrN/c1-31(2,3)24-15-16-27-23(20-24)19-22-13-14-25(32(4,5)6)21-28(22)30(27)29-12-10-11-26(33-29)17-18-34(7,8)9;1-26(2,3)19-12-13-21-18(15-19)14-17-10-11-20(27(4,5)6)16-22(17)25(21)23-8-7-9-24(28)29-23/h10-16,19-21H,17-18H2,1-9H3;7-16H,1-6H3. The maximum atomic E-state index is 5.23. The van der Waals surface area contributed by atoms with Crippen LogP contribution in [0.4, 0.5) is 0 Å². The summed E-state index contributed by atoms with van der Waals surface area (Å²) < 4.78 is 0.860. The van der Waals surface area contributed by atoms with Gasteiger partial charge in [-0.1, -0.05) is 182 Å². The Morgan fingerprint density at radius 1 is 0.413 bits per heavy atom. The Bertz CT molecular complexity index is 2980. The molecule has 8 aromatic rings. The van der Waals surface area contributed by atoms with E-state index in [9.17, 15) is 0 Å². The SMILES string of the molecule is CC(C)(C)c1ccc2c(-c3cccc(Br)n3)c3cc(C(C)(C)C)ccc3cc2c1.CC(C)(C)c1ccc2c(-c3cccc(CC[Si](C)(C)C)n3)c3cc(C(C)(C)C)ccc3cc2c1.